The molecule has 5 heteroatoms. The zero-order chi connectivity index (χ0) is 12.5. The second-order valence-corrected chi connectivity index (χ2v) is 6.37. The zero-order valence-electron chi connectivity index (χ0n) is 9.82. The van der Waals surface area contributed by atoms with Gasteiger partial charge >= 0.3 is 6.09 Å². The number of carbonyl (C=O) groups excluding carboxylic acids is 1. The van der Waals surface area contributed by atoms with Crippen molar-refractivity contribution in [1.29, 1.82) is 0 Å². The second kappa shape index (κ2) is 5.02. The molecule has 0 saturated heterocycles. The van der Waals surface area contributed by atoms with Crippen molar-refractivity contribution in [2.75, 3.05) is 5.32 Å². The van der Waals surface area contributed by atoms with Crippen molar-refractivity contribution in [3.8, 4) is 0 Å². The van der Waals surface area contributed by atoms with Crippen LogP contribution in [0.5, 0.6) is 0 Å². The first-order chi connectivity index (χ1) is 8.72. The number of fused-ring (bicyclic) bond motifs is 2. The molecule has 0 spiro atoms. The van der Waals surface area contributed by atoms with E-state index in [4.69, 9.17) is 16.3 Å². The summed E-state index contributed by atoms with van der Waals surface area (Å²) in [6, 6.07) is 5.60. The lowest BCUT2D eigenvalue weighted by Gasteiger charge is -2.33. The Bertz CT molecular complexity index is 480. The van der Waals surface area contributed by atoms with Crippen LogP contribution in [-0.2, 0) is 4.74 Å². The summed E-state index contributed by atoms with van der Waals surface area (Å²) in [5.74, 6) is 0. The molecule has 3 nitrogen and oxygen atoms in total. The minimum absolute atomic E-state index is 0.0348. The van der Waals surface area contributed by atoms with Gasteiger partial charge in [-0.3, -0.25) is 5.32 Å². The molecular weight excluding hydrogens is 270 g/mol. The summed E-state index contributed by atoms with van der Waals surface area (Å²) < 4.78 is 5.48. The van der Waals surface area contributed by atoms with E-state index in [-0.39, 0.29) is 12.2 Å². The van der Waals surface area contributed by atoms with Gasteiger partial charge in [-0.25, -0.2) is 4.79 Å². The van der Waals surface area contributed by atoms with Gasteiger partial charge in [-0.15, -0.1) is 11.8 Å². The highest BCUT2D eigenvalue weighted by atomic mass is 35.5. The number of anilines is 1. The van der Waals surface area contributed by atoms with Gasteiger partial charge < -0.3 is 4.74 Å². The fourth-order valence-electron chi connectivity index (χ4n) is 2.48. The molecule has 1 aliphatic heterocycles. The normalized spacial score (nSPS) is 27.1. The van der Waals surface area contributed by atoms with Gasteiger partial charge in [-0.05, 0) is 37.5 Å². The van der Waals surface area contributed by atoms with E-state index < -0.39 is 0 Å². The predicted octanol–water partition coefficient (Wildman–Crippen LogP) is 4.31. The number of hydrogen-bond donors (Lipinski definition) is 1. The maximum atomic E-state index is 11.8. The third-order valence-corrected chi connectivity index (χ3v) is 5.04. The number of benzene rings is 1. The smallest absolute Gasteiger partial charge is 0.411 e. The summed E-state index contributed by atoms with van der Waals surface area (Å²) in [6.07, 6.45) is 4.09. The molecule has 0 bridgehead atoms. The zero-order valence-corrected chi connectivity index (χ0v) is 11.4. The van der Waals surface area contributed by atoms with Crippen LogP contribution in [0.1, 0.15) is 25.7 Å². The summed E-state index contributed by atoms with van der Waals surface area (Å²) in [5.41, 5.74) is 0.751. The number of thioether (sulfide) groups is 1. The Balaban J connectivity index is 1.94. The van der Waals surface area contributed by atoms with Crippen LogP contribution in [0.2, 0.25) is 5.02 Å². The molecule has 1 N–H and O–H groups in total. The van der Waals surface area contributed by atoms with Crippen LogP contribution in [0, 0.1) is 0 Å². The molecule has 1 aromatic rings. The maximum absolute atomic E-state index is 11.8. The van der Waals surface area contributed by atoms with Crippen LogP contribution >= 0.6 is 23.4 Å². The Labute approximate surface area is 115 Å². The molecule has 1 aliphatic carbocycles. The summed E-state index contributed by atoms with van der Waals surface area (Å²) in [7, 11) is 0. The van der Waals surface area contributed by atoms with E-state index in [1.165, 1.54) is 6.42 Å². The number of nitrogens with one attached hydrogen (secondary N) is 1. The Morgan fingerprint density at radius 1 is 1.33 bits per heavy atom. The van der Waals surface area contributed by atoms with E-state index in [2.05, 4.69) is 5.32 Å². The average molecular weight is 284 g/mol. The third kappa shape index (κ3) is 2.45. The van der Waals surface area contributed by atoms with E-state index in [1.54, 1.807) is 17.8 Å². The number of halogens is 1. The predicted molar refractivity (Wildman–Crippen MR) is 73.5 cm³/mol. The number of ether oxygens (including phenoxy) is 1. The van der Waals surface area contributed by atoms with Crippen molar-refractivity contribution in [1.82, 2.24) is 0 Å². The van der Waals surface area contributed by atoms with Gasteiger partial charge in [0.05, 0.1) is 5.69 Å². The molecule has 1 heterocycles. The van der Waals surface area contributed by atoms with Gasteiger partial charge in [0, 0.05) is 15.2 Å². The molecule has 0 radical (unpaired) electrons. The van der Waals surface area contributed by atoms with E-state index in [0.29, 0.717) is 10.3 Å². The molecule has 1 saturated carbocycles. The summed E-state index contributed by atoms with van der Waals surface area (Å²) in [4.78, 5) is 12.9. The standard InChI is InChI=1S/C13H14ClNO2S/c14-8-5-6-11-9(7-8)15-13(16)17-10-3-1-2-4-12(10)18-11/h5-7,10,12H,1-4H2,(H,15,16)/t10-,12+/m0/s1. The molecule has 0 aromatic heterocycles. The van der Waals surface area contributed by atoms with Crippen molar-refractivity contribution in [2.45, 2.75) is 41.9 Å². The molecule has 96 valence electrons. The fraction of sp³-hybridized carbons (Fsp3) is 0.462. The van der Waals surface area contributed by atoms with E-state index in [9.17, 15) is 4.79 Å². The first-order valence-electron chi connectivity index (χ1n) is 6.16. The molecule has 0 unspecified atom stereocenters. The first kappa shape index (κ1) is 12.2. The molecule has 1 aromatic carbocycles. The minimum atomic E-state index is -0.365. The SMILES string of the molecule is O=C1Nc2cc(Cl)ccc2S[C@@H]2CCCC[C@@H]2O1. The third-order valence-electron chi connectivity index (χ3n) is 3.36. The Morgan fingerprint density at radius 3 is 3.06 bits per heavy atom. The largest absolute Gasteiger partial charge is 0.445 e. The highest BCUT2D eigenvalue weighted by molar-refractivity contribution is 8.00. The van der Waals surface area contributed by atoms with E-state index >= 15 is 0 Å². The summed E-state index contributed by atoms with van der Waals surface area (Å²) in [5, 5.41) is 3.76. The van der Waals surface area contributed by atoms with Crippen LogP contribution in [0.15, 0.2) is 23.1 Å². The summed E-state index contributed by atoms with van der Waals surface area (Å²) >= 11 is 7.74. The van der Waals surface area contributed by atoms with Crippen LogP contribution < -0.4 is 5.32 Å². The van der Waals surface area contributed by atoms with E-state index in [0.717, 1.165) is 29.8 Å². The van der Waals surface area contributed by atoms with Gasteiger partial charge in [0.2, 0.25) is 0 Å². The molecule has 3 rings (SSSR count). The van der Waals surface area contributed by atoms with Gasteiger partial charge in [-0.1, -0.05) is 18.0 Å². The van der Waals surface area contributed by atoms with Crippen molar-refractivity contribution >= 4 is 35.1 Å². The van der Waals surface area contributed by atoms with Gasteiger partial charge in [0.25, 0.3) is 0 Å². The van der Waals surface area contributed by atoms with Crippen LogP contribution in [0.25, 0.3) is 0 Å². The molecular formula is C13H14ClNO2S. The molecule has 2 aliphatic rings. The van der Waals surface area contributed by atoms with Crippen molar-refractivity contribution < 1.29 is 9.53 Å². The fourth-order valence-corrected chi connectivity index (χ4v) is 3.98. The van der Waals surface area contributed by atoms with Crippen molar-refractivity contribution in [2.24, 2.45) is 0 Å². The monoisotopic (exact) mass is 283 g/mol. The average Bonchev–Trinajstić information content (AvgIpc) is 2.32. The highest BCUT2D eigenvalue weighted by Gasteiger charge is 2.31. The quantitative estimate of drug-likeness (QED) is 0.771. The topological polar surface area (TPSA) is 38.3 Å². The van der Waals surface area contributed by atoms with Crippen LogP contribution in [0.3, 0.4) is 0 Å². The number of carbonyl (C=O) groups is 1. The van der Waals surface area contributed by atoms with Crippen LogP contribution in [0.4, 0.5) is 10.5 Å². The summed E-state index contributed by atoms with van der Waals surface area (Å²) in [6.45, 7) is 0. The Hall–Kier alpha value is -0.870. The van der Waals surface area contributed by atoms with Gasteiger partial charge in [0.15, 0.2) is 0 Å². The second-order valence-electron chi connectivity index (χ2n) is 4.65. The molecule has 2 atom stereocenters. The number of amides is 1. The number of rotatable bonds is 0. The number of hydrogen-bond acceptors (Lipinski definition) is 3. The molecule has 18 heavy (non-hydrogen) atoms. The van der Waals surface area contributed by atoms with Crippen molar-refractivity contribution in [3.63, 3.8) is 0 Å². The molecule has 1 fully saturated rings. The first-order valence-corrected chi connectivity index (χ1v) is 7.42. The van der Waals surface area contributed by atoms with Crippen LogP contribution in [-0.4, -0.2) is 17.4 Å². The van der Waals surface area contributed by atoms with Gasteiger partial charge in [0.1, 0.15) is 6.10 Å². The highest BCUT2D eigenvalue weighted by Crippen LogP contribution is 2.41. The van der Waals surface area contributed by atoms with E-state index in [1.807, 2.05) is 12.1 Å². The lowest BCUT2D eigenvalue weighted by molar-refractivity contribution is 0.0901. The molecule has 1 amide bonds. The maximum Gasteiger partial charge on any atom is 0.411 e. The lowest BCUT2D eigenvalue weighted by Crippen LogP contribution is -2.35. The Morgan fingerprint density at radius 2 is 2.17 bits per heavy atom. The van der Waals surface area contributed by atoms with Gasteiger partial charge in [-0.2, -0.15) is 0 Å². The lowest BCUT2D eigenvalue weighted by atomic mass is 9.97. The minimum Gasteiger partial charge on any atom is -0.445 e. The Kier molecular flexibility index (Phi) is 3.39. The van der Waals surface area contributed by atoms with Crippen molar-refractivity contribution in [3.05, 3.63) is 23.2 Å².